The van der Waals surface area contributed by atoms with Gasteiger partial charge in [-0.2, -0.15) is 5.10 Å². The highest BCUT2D eigenvalue weighted by Crippen LogP contribution is 2.16. The Kier molecular flexibility index (Phi) is 2.86. The summed E-state index contributed by atoms with van der Waals surface area (Å²) in [6, 6.07) is 6.58. The number of hydrogen-bond acceptors (Lipinski definition) is 3. The van der Waals surface area contributed by atoms with Crippen molar-refractivity contribution in [3.8, 4) is 0 Å². The Morgan fingerprint density at radius 3 is 2.85 bits per heavy atom. The number of aromatic carboxylic acids is 1. The molecule has 102 valence electrons. The first-order valence-corrected chi connectivity index (χ1v) is 6.09. The van der Waals surface area contributed by atoms with Crippen molar-refractivity contribution in [1.29, 1.82) is 0 Å². The molecule has 0 aliphatic heterocycles. The highest BCUT2D eigenvalue weighted by atomic mass is 16.4. The van der Waals surface area contributed by atoms with Crippen molar-refractivity contribution in [3.05, 3.63) is 52.7 Å². The van der Waals surface area contributed by atoms with Gasteiger partial charge in [-0.3, -0.25) is 9.25 Å². The molecule has 1 aromatic carbocycles. The van der Waals surface area contributed by atoms with E-state index in [0.717, 1.165) is 0 Å². The second-order valence-corrected chi connectivity index (χ2v) is 4.36. The fourth-order valence-corrected chi connectivity index (χ4v) is 2.24. The molecule has 0 bridgehead atoms. The number of aromatic amines is 1. The number of hydrogen-bond donors (Lipinski definition) is 2. The van der Waals surface area contributed by atoms with Crippen molar-refractivity contribution < 1.29 is 9.90 Å². The predicted molar refractivity (Wildman–Crippen MR) is 71.7 cm³/mol. The van der Waals surface area contributed by atoms with Gasteiger partial charge in [0.2, 0.25) is 0 Å². The Hall–Kier alpha value is -2.83. The molecule has 0 unspecified atom stereocenters. The number of carbonyl (C=O) groups is 1. The van der Waals surface area contributed by atoms with E-state index in [1.54, 1.807) is 35.3 Å². The number of para-hydroxylation sites is 1. The first kappa shape index (κ1) is 12.2. The lowest BCUT2D eigenvalue weighted by molar-refractivity contribution is 0.0698. The largest absolute Gasteiger partial charge is 0.478 e. The smallest absolute Gasteiger partial charge is 0.337 e. The Bertz CT molecular complexity index is 814. The number of carboxylic acids is 1. The third-order valence-corrected chi connectivity index (χ3v) is 3.14. The maximum Gasteiger partial charge on any atom is 0.337 e. The summed E-state index contributed by atoms with van der Waals surface area (Å²) in [6.45, 7) is 0.846. The zero-order valence-corrected chi connectivity index (χ0v) is 10.5. The zero-order valence-electron chi connectivity index (χ0n) is 10.5. The lowest BCUT2D eigenvalue weighted by Gasteiger charge is -2.06. The van der Waals surface area contributed by atoms with Gasteiger partial charge in [0, 0.05) is 18.9 Å². The van der Waals surface area contributed by atoms with Gasteiger partial charge in [-0.15, -0.1) is 0 Å². The summed E-state index contributed by atoms with van der Waals surface area (Å²) in [5.74, 6) is -1.05. The summed E-state index contributed by atoms with van der Waals surface area (Å²) in [6.07, 6.45) is 3.44. The van der Waals surface area contributed by atoms with Crippen LogP contribution >= 0.6 is 0 Å². The SMILES string of the molecule is O=C(O)c1cccc2[nH]c(=O)n(CCn3cccn3)c12. The van der Waals surface area contributed by atoms with Crippen LogP contribution < -0.4 is 5.69 Å². The lowest BCUT2D eigenvalue weighted by atomic mass is 10.2. The van der Waals surface area contributed by atoms with Gasteiger partial charge >= 0.3 is 11.7 Å². The van der Waals surface area contributed by atoms with Crippen LogP contribution in [0.2, 0.25) is 0 Å². The molecule has 0 atom stereocenters. The van der Waals surface area contributed by atoms with Gasteiger partial charge in [-0.25, -0.2) is 9.59 Å². The number of fused-ring (bicyclic) bond motifs is 1. The average Bonchev–Trinajstić information content (AvgIpc) is 3.02. The fourth-order valence-electron chi connectivity index (χ4n) is 2.24. The number of imidazole rings is 1. The average molecular weight is 272 g/mol. The standard InChI is InChI=1S/C13H12N4O3/c18-12(19)9-3-1-4-10-11(9)17(13(20)15-10)8-7-16-6-2-5-14-16/h1-6H,7-8H2,(H,15,20)(H,18,19). The number of H-pyrrole nitrogens is 1. The number of aromatic nitrogens is 4. The third kappa shape index (κ3) is 1.99. The molecule has 0 aliphatic rings. The molecule has 0 fully saturated rings. The minimum absolute atomic E-state index is 0.112. The van der Waals surface area contributed by atoms with Crippen molar-refractivity contribution >= 4 is 17.0 Å². The number of nitrogens with zero attached hydrogens (tertiary/aromatic N) is 3. The summed E-state index contributed by atoms with van der Waals surface area (Å²) in [7, 11) is 0. The monoisotopic (exact) mass is 272 g/mol. The fraction of sp³-hybridized carbons (Fsp3) is 0.154. The van der Waals surface area contributed by atoms with Gasteiger partial charge in [-0.05, 0) is 18.2 Å². The van der Waals surface area contributed by atoms with Gasteiger partial charge in [0.15, 0.2) is 0 Å². The molecule has 2 aromatic heterocycles. The van der Waals surface area contributed by atoms with Gasteiger partial charge in [0.05, 0.1) is 23.1 Å². The van der Waals surface area contributed by atoms with Crippen molar-refractivity contribution in [1.82, 2.24) is 19.3 Å². The minimum Gasteiger partial charge on any atom is -0.478 e. The summed E-state index contributed by atoms with van der Waals surface area (Å²) in [5, 5.41) is 13.3. The second kappa shape index (κ2) is 4.69. The Labute approximate surface area is 113 Å². The van der Waals surface area contributed by atoms with Gasteiger partial charge in [-0.1, -0.05) is 6.07 Å². The van der Waals surface area contributed by atoms with Gasteiger partial charge in [0.1, 0.15) is 0 Å². The lowest BCUT2D eigenvalue weighted by Crippen LogP contribution is -2.20. The topological polar surface area (TPSA) is 92.9 Å². The van der Waals surface area contributed by atoms with Crippen LogP contribution in [0.3, 0.4) is 0 Å². The molecule has 3 rings (SSSR count). The Balaban J connectivity index is 2.07. The van der Waals surface area contributed by atoms with Gasteiger partial charge < -0.3 is 10.1 Å². The number of aryl methyl sites for hydroxylation is 2. The van der Waals surface area contributed by atoms with E-state index in [9.17, 15) is 14.7 Å². The van der Waals surface area contributed by atoms with Crippen molar-refractivity contribution in [3.63, 3.8) is 0 Å². The van der Waals surface area contributed by atoms with Crippen LogP contribution in [0.1, 0.15) is 10.4 Å². The van der Waals surface area contributed by atoms with Crippen LogP contribution in [0, 0.1) is 0 Å². The summed E-state index contributed by atoms with van der Waals surface area (Å²) < 4.78 is 3.12. The highest BCUT2D eigenvalue weighted by Gasteiger charge is 2.15. The molecule has 0 radical (unpaired) electrons. The molecule has 0 saturated carbocycles. The van der Waals surface area contributed by atoms with E-state index in [-0.39, 0.29) is 11.3 Å². The normalized spacial score (nSPS) is 11.0. The van der Waals surface area contributed by atoms with Crippen molar-refractivity contribution in [2.75, 3.05) is 0 Å². The zero-order chi connectivity index (χ0) is 14.1. The highest BCUT2D eigenvalue weighted by molar-refractivity contribution is 6.01. The van der Waals surface area contributed by atoms with Crippen LogP contribution in [0.25, 0.3) is 11.0 Å². The molecule has 0 spiro atoms. The maximum absolute atomic E-state index is 12.0. The number of nitrogens with one attached hydrogen (secondary N) is 1. The molecular weight excluding hydrogens is 260 g/mol. The Morgan fingerprint density at radius 2 is 2.15 bits per heavy atom. The molecule has 0 aliphatic carbocycles. The Morgan fingerprint density at radius 1 is 1.30 bits per heavy atom. The van der Waals surface area contributed by atoms with Crippen LogP contribution in [0.15, 0.2) is 41.5 Å². The van der Waals surface area contributed by atoms with E-state index in [1.165, 1.54) is 10.6 Å². The van der Waals surface area contributed by atoms with E-state index < -0.39 is 5.97 Å². The summed E-state index contributed by atoms with van der Waals surface area (Å²) >= 11 is 0. The van der Waals surface area contributed by atoms with E-state index in [2.05, 4.69) is 10.1 Å². The first-order valence-electron chi connectivity index (χ1n) is 6.09. The molecule has 2 heterocycles. The molecule has 7 nitrogen and oxygen atoms in total. The molecule has 2 N–H and O–H groups in total. The van der Waals surface area contributed by atoms with E-state index >= 15 is 0 Å². The molecule has 0 saturated heterocycles. The molecule has 7 heteroatoms. The number of benzene rings is 1. The van der Waals surface area contributed by atoms with E-state index in [0.29, 0.717) is 24.1 Å². The quantitative estimate of drug-likeness (QED) is 0.738. The van der Waals surface area contributed by atoms with E-state index in [4.69, 9.17) is 0 Å². The predicted octanol–water partition coefficient (Wildman–Crippen LogP) is 0.924. The number of carboxylic acid groups (broad SMARTS) is 1. The third-order valence-electron chi connectivity index (χ3n) is 3.14. The second-order valence-electron chi connectivity index (χ2n) is 4.36. The van der Waals surface area contributed by atoms with Crippen LogP contribution in [-0.4, -0.2) is 30.4 Å². The molecular formula is C13H12N4O3. The van der Waals surface area contributed by atoms with E-state index in [1.807, 2.05) is 0 Å². The molecule has 20 heavy (non-hydrogen) atoms. The van der Waals surface area contributed by atoms with Crippen LogP contribution in [0.5, 0.6) is 0 Å². The maximum atomic E-state index is 12.0. The van der Waals surface area contributed by atoms with Crippen LogP contribution in [-0.2, 0) is 13.1 Å². The summed E-state index contributed by atoms with van der Waals surface area (Å²) in [5.41, 5.74) is 0.731. The first-order chi connectivity index (χ1) is 9.66. The van der Waals surface area contributed by atoms with Crippen LogP contribution in [0.4, 0.5) is 0 Å². The minimum atomic E-state index is -1.05. The molecule has 3 aromatic rings. The number of rotatable bonds is 4. The summed E-state index contributed by atoms with van der Waals surface area (Å²) in [4.78, 5) is 25.9. The van der Waals surface area contributed by atoms with Crippen molar-refractivity contribution in [2.24, 2.45) is 0 Å². The molecule has 0 amide bonds. The van der Waals surface area contributed by atoms with Crippen molar-refractivity contribution in [2.45, 2.75) is 13.1 Å². The van der Waals surface area contributed by atoms with Gasteiger partial charge in [0.25, 0.3) is 0 Å².